The maximum Gasteiger partial charge on any atom is 0.244 e. The Balaban J connectivity index is 2.10. The van der Waals surface area contributed by atoms with Gasteiger partial charge >= 0.3 is 0 Å². The Morgan fingerprint density at radius 2 is 1.86 bits per heavy atom. The van der Waals surface area contributed by atoms with Crippen LogP contribution in [-0.2, 0) is 4.79 Å². The standard InChI is InChI=1S/C14H24N6O/c1-9(2)13-17-11(8-12(18-13)19-15)16-10(3)14(21)20-6-4-5-7-20/h8-10H,4-7,15H2,1-3H3,(H2,16,17,18,19). The van der Waals surface area contributed by atoms with Gasteiger partial charge in [0.15, 0.2) is 0 Å². The number of hydrazine groups is 1. The van der Waals surface area contributed by atoms with Crippen molar-refractivity contribution in [3.05, 3.63) is 11.9 Å². The molecule has 0 aliphatic carbocycles. The molecule has 1 unspecified atom stereocenters. The summed E-state index contributed by atoms with van der Waals surface area (Å²) in [5, 5.41) is 3.15. The van der Waals surface area contributed by atoms with E-state index in [1.807, 2.05) is 25.7 Å². The van der Waals surface area contributed by atoms with Crippen molar-refractivity contribution < 1.29 is 4.79 Å². The number of likely N-dealkylation sites (tertiary alicyclic amines) is 1. The van der Waals surface area contributed by atoms with Gasteiger partial charge in [-0.3, -0.25) is 4.79 Å². The van der Waals surface area contributed by atoms with Crippen LogP contribution in [-0.4, -0.2) is 39.9 Å². The number of rotatable bonds is 5. The Kier molecular flexibility index (Phi) is 4.95. The largest absolute Gasteiger partial charge is 0.358 e. The molecule has 0 spiro atoms. The number of nitrogens with zero attached hydrogens (tertiary/aromatic N) is 3. The van der Waals surface area contributed by atoms with Crippen molar-refractivity contribution in [2.45, 2.75) is 45.6 Å². The molecule has 0 aromatic carbocycles. The van der Waals surface area contributed by atoms with Crippen molar-refractivity contribution in [2.75, 3.05) is 23.8 Å². The predicted molar refractivity (Wildman–Crippen MR) is 82.8 cm³/mol. The maximum atomic E-state index is 12.3. The van der Waals surface area contributed by atoms with Crippen LogP contribution >= 0.6 is 0 Å². The van der Waals surface area contributed by atoms with E-state index in [4.69, 9.17) is 5.84 Å². The van der Waals surface area contributed by atoms with Crippen LogP contribution in [0, 0.1) is 0 Å². The summed E-state index contributed by atoms with van der Waals surface area (Å²) >= 11 is 0. The smallest absolute Gasteiger partial charge is 0.244 e. The molecule has 0 saturated carbocycles. The highest BCUT2D eigenvalue weighted by Gasteiger charge is 2.23. The first kappa shape index (κ1) is 15.5. The fourth-order valence-corrected chi connectivity index (χ4v) is 2.37. The minimum absolute atomic E-state index is 0.111. The minimum atomic E-state index is -0.316. The normalized spacial score (nSPS) is 16.1. The van der Waals surface area contributed by atoms with Crippen LogP contribution in [0.25, 0.3) is 0 Å². The zero-order valence-corrected chi connectivity index (χ0v) is 12.9. The van der Waals surface area contributed by atoms with Gasteiger partial charge in [0.1, 0.15) is 23.5 Å². The van der Waals surface area contributed by atoms with Gasteiger partial charge < -0.3 is 15.6 Å². The SMILES string of the molecule is CC(Nc1cc(NN)nc(C(C)C)n1)C(=O)N1CCCC1. The number of hydrogen-bond acceptors (Lipinski definition) is 6. The first-order chi connectivity index (χ1) is 10.0. The van der Waals surface area contributed by atoms with E-state index >= 15 is 0 Å². The summed E-state index contributed by atoms with van der Waals surface area (Å²) in [6, 6.07) is 1.39. The quantitative estimate of drug-likeness (QED) is 0.559. The summed E-state index contributed by atoms with van der Waals surface area (Å²) < 4.78 is 0. The highest BCUT2D eigenvalue weighted by atomic mass is 16.2. The van der Waals surface area contributed by atoms with Gasteiger partial charge in [0, 0.05) is 25.1 Å². The van der Waals surface area contributed by atoms with Gasteiger partial charge in [-0.1, -0.05) is 13.8 Å². The zero-order chi connectivity index (χ0) is 15.4. The summed E-state index contributed by atoms with van der Waals surface area (Å²) in [5.41, 5.74) is 2.53. The lowest BCUT2D eigenvalue weighted by atomic mass is 10.2. The van der Waals surface area contributed by atoms with Crippen LogP contribution in [0.3, 0.4) is 0 Å². The highest BCUT2D eigenvalue weighted by molar-refractivity contribution is 5.84. The van der Waals surface area contributed by atoms with Crippen LogP contribution in [0.2, 0.25) is 0 Å². The molecular weight excluding hydrogens is 268 g/mol. The second-order valence-electron chi connectivity index (χ2n) is 5.69. The van der Waals surface area contributed by atoms with Crippen LogP contribution < -0.4 is 16.6 Å². The van der Waals surface area contributed by atoms with Crippen LogP contribution in [0.1, 0.15) is 45.4 Å². The summed E-state index contributed by atoms with van der Waals surface area (Å²) in [6.07, 6.45) is 2.18. The van der Waals surface area contributed by atoms with Gasteiger partial charge in [-0.25, -0.2) is 15.8 Å². The molecule has 0 bridgehead atoms. The molecule has 1 amide bonds. The van der Waals surface area contributed by atoms with E-state index in [1.165, 1.54) is 0 Å². The Morgan fingerprint density at radius 3 is 2.43 bits per heavy atom. The maximum absolute atomic E-state index is 12.3. The van der Waals surface area contributed by atoms with E-state index in [-0.39, 0.29) is 17.9 Å². The first-order valence-electron chi connectivity index (χ1n) is 7.42. The Labute approximate surface area is 125 Å². The van der Waals surface area contributed by atoms with E-state index in [0.29, 0.717) is 17.5 Å². The van der Waals surface area contributed by atoms with Crippen LogP contribution in [0.4, 0.5) is 11.6 Å². The molecule has 1 aromatic heterocycles. The van der Waals surface area contributed by atoms with E-state index < -0.39 is 0 Å². The molecule has 21 heavy (non-hydrogen) atoms. The van der Waals surface area contributed by atoms with Crippen molar-refractivity contribution in [2.24, 2.45) is 5.84 Å². The first-order valence-corrected chi connectivity index (χ1v) is 7.42. The summed E-state index contributed by atoms with van der Waals surface area (Å²) in [7, 11) is 0. The second kappa shape index (κ2) is 6.71. The van der Waals surface area contributed by atoms with Crippen molar-refractivity contribution in [3.63, 3.8) is 0 Å². The summed E-state index contributed by atoms with van der Waals surface area (Å²) in [6.45, 7) is 7.58. The molecule has 1 aromatic rings. The van der Waals surface area contributed by atoms with E-state index in [2.05, 4.69) is 20.7 Å². The number of aromatic nitrogens is 2. The number of carbonyl (C=O) groups is 1. The number of nitrogens with one attached hydrogen (secondary N) is 2. The zero-order valence-electron chi connectivity index (χ0n) is 12.9. The summed E-state index contributed by atoms with van der Waals surface area (Å²) in [4.78, 5) is 22.9. The molecule has 1 aliphatic rings. The van der Waals surface area contributed by atoms with Gasteiger partial charge in [-0.05, 0) is 19.8 Å². The molecule has 1 atom stereocenters. The molecule has 2 heterocycles. The van der Waals surface area contributed by atoms with E-state index in [0.717, 1.165) is 25.9 Å². The van der Waals surface area contributed by atoms with Gasteiger partial charge in [0.05, 0.1) is 0 Å². The van der Waals surface area contributed by atoms with E-state index in [9.17, 15) is 4.79 Å². The number of hydrogen-bond donors (Lipinski definition) is 3. The lowest BCUT2D eigenvalue weighted by Crippen LogP contribution is -2.39. The average Bonchev–Trinajstić information content (AvgIpc) is 3.00. The number of nitrogens with two attached hydrogens (primary N) is 1. The Morgan fingerprint density at radius 1 is 1.24 bits per heavy atom. The second-order valence-corrected chi connectivity index (χ2v) is 5.69. The molecule has 7 heteroatoms. The molecule has 1 aliphatic heterocycles. The third-order valence-electron chi connectivity index (χ3n) is 3.56. The number of nitrogen functional groups attached to an aromatic ring is 1. The van der Waals surface area contributed by atoms with E-state index in [1.54, 1.807) is 6.07 Å². The topological polar surface area (TPSA) is 96.2 Å². The fraction of sp³-hybridized carbons (Fsp3) is 0.643. The third kappa shape index (κ3) is 3.81. The van der Waals surface area contributed by atoms with Gasteiger partial charge in [0.2, 0.25) is 5.91 Å². The Hall–Kier alpha value is -1.89. The molecule has 116 valence electrons. The van der Waals surface area contributed by atoms with Crippen molar-refractivity contribution in [1.82, 2.24) is 14.9 Å². The lowest BCUT2D eigenvalue weighted by molar-refractivity contribution is -0.130. The Bertz CT molecular complexity index is 498. The third-order valence-corrected chi connectivity index (χ3v) is 3.56. The molecule has 1 saturated heterocycles. The molecule has 4 N–H and O–H groups in total. The fourth-order valence-electron chi connectivity index (χ4n) is 2.37. The number of anilines is 2. The van der Waals surface area contributed by atoms with Crippen LogP contribution in [0.15, 0.2) is 6.07 Å². The van der Waals surface area contributed by atoms with Crippen molar-refractivity contribution in [1.29, 1.82) is 0 Å². The van der Waals surface area contributed by atoms with Gasteiger partial charge in [-0.2, -0.15) is 0 Å². The number of amides is 1. The molecule has 0 radical (unpaired) electrons. The molecular formula is C14H24N6O. The monoisotopic (exact) mass is 292 g/mol. The van der Waals surface area contributed by atoms with Gasteiger partial charge in [0.25, 0.3) is 0 Å². The van der Waals surface area contributed by atoms with Crippen molar-refractivity contribution >= 4 is 17.5 Å². The molecule has 1 fully saturated rings. The van der Waals surface area contributed by atoms with Crippen molar-refractivity contribution in [3.8, 4) is 0 Å². The lowest BCUT2D eigenvalue weighted by Gasteiger charge is -2.22. The number of carbonyl (C=O) groups excluding carboxylic acids is 1. The molecule has 7 nitrogen and oxygen atoms in total. The van der Waals surface area contributed by atoms with Gasteiger partial charge in [-0.15, -0.1) is 0 Å². The van der Waals surface area contributed by atoms with Crippen LogP contribution in [0.5, 0.6) is 0 Å². The summed E-state index contributed by atoms with van der Waals surface area (Å²) in [5.74, 6) is 7.57. The highest BCUT2D eigenvalue weighted by Crippen LogP contribution is 2.18. The molecule has 2 rings (SSSR count). The predicted octanol–water partition coefficient (Wildman–Crippen LogP) is 1.31. The average molecular weight is 292 g/mol. The minimum Gasteiger partial charge on any atom is -0.358 e.